The van der Waals surface area contributed by atoms with Crippen LogP contribution in [0, 0.1) is 18.7 Å². The number of likely N-dealkylation sites (N-methyl/N-ethyl adjacent to an activating group) is 1. The molecule has 2 atom stereocenters. The molecule has 1 aromatic carbocycles. The Bertz CT molecular complexity index is 752. The molecule has 6 nitrogen and oxygen atoms in total. The highest BCUT2D eigenvalue weighted by atomic mass is 19.1. The molecule has 206 valence electrons. The Hall–Kier alpha value is -1.70. The van der Waals surface area contributed by atoms with Crippen molar-refractivity contribution >= 4 is 6.03 Å². The molecule has 0 aromatic heterocycles. The number of benzene rings is 1. The van der Waals surface area contributed by atoms with E-state index in [0.29, 0.717) is 37.5 Å². The van der Waals surface area contributed by atoms with Crippen molar-refractivity contribution in [3.8, 4) is 0 Å². The Balaban J connectivity index is 1.86. The molecule has 2 rings (SSSR count). The molecule has 0 spiro atoms. The number of amides is 2. The molecule has 0 unspecified atom stereocenters. The first-order chi connectivity index (χ1) is 17.3. The van der Waals surface area contributed by atoms with Crippen LogP contribution in [0.15, 0.2) is 18.2 Å². The van der Waals surface area contributed by atoms with Gasteiger partial charge in [-0.3, -0.25) is 0 Å². The summed E-state index contributed by atoms with van der Waals surface area (Å²) in [5.41, 5.74) is 0.362. The van der Waals surface area contributed by atoms with E-state index >= 15 is 0 Å². The van der Waals surface area contributed by atoms with Crippen molar-refractivity contribution in [2.45, 2.75) is 95.6 Å². The van der Waals surface area contributed by atoms with Crippen LogP contribution in [-0.4, -0.2) is 63.0 Å². The number of aliphatic hydroxyl groups is 1. The number of halogens is 1. The van der Waals surface area contributed by atoms with Gasteiger partial charge in [0.2, 0.25) is 0 Å². The summed E-state index contributed by atoms with van der Waals surface area (Å²) in [5.74, 6) is 0.386. The smallest absolute Gasteiger partial charge is 0.317 e. The first-order valence-corrected chi connectivity index (χ1v) is 13.9. The zero-order valence-electron chi connectivity index (χ0n) is 23.1. The van der Waals surface area contributed by atoms with Gasteiger partial charge in [-0.15, -0.1) is 0 Å². The molecule has 1 aliphatic rings. The fourth-order valence-electron chi connectivity index (χ4n) is 5.50. The van der Waals surface area contributed by atoms with Crippen molar-refractivity contribution in [1.82, 2.24) is 15.5 Å². The number of urea groups is 1. The van der Waals surface area contributed by atoms with E-state index < -0.39 is 5.60 Å². The summed E-state index contributed by atoms with van der Waals surface area (Å²) < 4.78 is 19.2. The lowest BCUT2D eigenvalue weighted by atomic mass is 9.83. The topological polar surface area (TPSA) is 73.8 Å². The fraction of sp³-hybridized carbons (Fsp3) is 0.759. The Kier molecular flexibility index (Phi) is 13.7. The largest absolute Gasteiger partial charge is 0.385 e. The van der Waals surface area contributed by atoms with Crippen molar-refractivity contribution in [2.75, 3.05) is 40.9 Å². The van der Waals surface area contributed by atoms with Gasteiger partial charge in [-0.25, -0.2) is 9.18 Å². The van der Waals surface area contributed by atoms with Gasteiger partial charge in [-0.05, 0) is 88.1 Å². The minimum atomic E-state index is -1.08. The van der Waals surface area contributed by atoms with Crippen molar-refractivity contribution in [2.24, 2.45) is 5.92 Å². The second kappa shape index (κ2) is 16.2. The van der Waals surface area contributed by atoms with E-state index in [1.165, 1.54) is 44.2 Å². The molecule has 36 heavy (non-hydrogen) atoms. The lowest BCUT2D eigenvalue weighted by Gasteiger charge is -2.30. The highest BCUT2D eigenvalue weighted by Gasteiger charge is 2.29. The summed E-state index contributed by atoms with van der Waals surface area (Å²) in [6.07, 6.45) is 11.8. The molecular formula is C29H50FN3O3. The summed E-state index contributed by atoms with van der Waals surface area (Å²) in [6, 6.07) is 4.92. The Morgan fingerprint density at radius 2 is 1.86 bits per heavy atom. The number of methoxy groups -OCH3 is 1. The van der Waals surface area contributed by atoms with E-state index in [2.05, 4.69) is 10.6 Å². The van der Waals surface area contributed by atoms with Crippen LogP contribution in [-0.2, 0) is 10.3 Å². The van der Waals surface area contributed by atoms with E-state index in [9.17, 15) is 14.3 Å². The molecule has 1 aliphatic carbocycles. The van der Waals surface area contributed by atoms with Crippen LogP contribution in [0.5, 0.6) is 0 Å². The normalized spacial score (nSPS) is 16.9. The van der Waals surface area contributed by atoms with Crippen LogP contribution in [0.2, 0.25) is 0 Å². The summed E-state index contributed by atoms with van der Waals surface area (Å²) in [5, 5.41) is 18.0. The van der Waals surface area contributed by atoms with Crippen LogP contribution in [0.1, 0.15) is 88.2 Å². The van der Waals surface area contributed by atoms with Gasteiger partial charge in [0.05, 0.1) is 5.60 Å². The summed E-state index contributed by atoms with van der Waals surface area (Å²) >= 11 is 0. The third-order valence-electron chi connectivity index (χ3n) is 7.57. The van der Waals surface area contributed by atoms with Crippen LogP contribution in [0.4, 0.5) is 9.18 Å². The molecule has 1 saturated carbocycles. The third kappa shape index (κ3) is 10.7. The van der Waals surface area contributed by atoms with E-state index in [1.807, 2.05) is 27.1 Å². The van der Waals surface area contributed by atoms with Gasteiger partial charge in [0.1, 0.15) is 5.82 Å². The average Bonchev–Trinajstić information content (AvgIpc) is 2.84. The minimum absolute atomic E-state index is 0.0401. The molecule has 0 heterocycles. The van der Waals surface area contributed by atoms with Crippen molar-refractivity contribution in [1.29, 1.82) is 0 Å². The van der Waals surface area contributed by atoms with Gasteiger partial charge >= 0.3 is 6.03 Å². The number of carbonyl (C=O) groups is 1. The number of nitrogens with one attached hydrogen (secondary N) is 2. The SMILES string of the molecule is CNC[C@H](CC1CCCCC1)NC(=O)N(C)CCCC[C@@](O)(CCCCOC)c1cc(C)cc(F)c1. The predicted octanol–water partition coefficient (Wildman–Crippen LogP) is 5.51. The number of rotatable bonds is 16. The molecular weight excluding hydrogens is 457 g/mol. The van der Waals surface area contributed by atoms with Gasteiger partial charge in [-0.2, -0.15) is 0 Å². The number of hydrogen-bond donors (Lipinski definition) is 3. The van der Waals surface area contributed by atoms with Gasteiger partial charge in [0.15, 0.2) is 0 Å². The lowest BCUT2D eigenvalue weighted by molar-refractivity contribution is 0.0113. The molecule has 1 aromatic rings. The van der Waals surface area contributed by atoms with Gasteiger partial charge < -0.3 is 25.4 Å². The number of hydrogen-bond acceptors (Lipinski definition) is 4. The second-order valence-corrected chi connectivity index (χ2v) is 10.8. The first kappa shape index (κ1) is 30.5. The minimum Gasteiger partial charge on any atom is -0.385 e. The number of ether oxygens (including phenoxy) is 1. The third-order valence-corrected chi connectivity index (χ3v) is 7.57. The Morgan fingerprint density at radius 1 is 1.17 bits per heavy atom. The van der Waals surface area contributed by atoms with E-state index in [-0.39, 0.29) is 17.9 Å². The zero-order valence-corrected chi connectivity index (χ0v) is 23.1. The highest BCUT2D eigenvalue weighted by Crippen LogP contribution is 2.34. The monoisotopic (exact) mass is 507 g/mol. The molecule has 0 radical (unpaired) electrons. The Labute approximate surface area is 218 Å². The fourth-order valence-corrected chi connectivity index (χ4v) is 5.50. The molecule has 0 aliphatic heterocycles. The van der Waals surface area contributed by atoms with Gasteiger partial charge in [-0.1, -0.05) is 38.2 Å². The summed E-state index contributed by atoms with van der Waals surface area (Å²) in [4.78, 5) is 14.6. The molecule has 1 fully saturated rings. The van der Waals surface area contributed by atoms with E-state index in [0.717, 1.165) is 44.2 Å². The second-order valence-electron chi connectivity index (χ2n) is 10.8. The van der Waals surface area contributed by atoms with Gasteiger partial charge in [0, 0.05) is 39.9 Å². The van der Waals surface area contributed by atoms with Gasteiger partial charge in [0.25, 0.3) is 0 Å². The summed E-state index contributed by atoms with van der Waals surface area (Å²) in [7, 11) is 5.44. The number of nitrogens with zero attached hydrogens (tertiary/aromatic N) is 1. The molecule has 0 saturated heterocycles. The number of unbranched alkanes of at least 4 members (excludes halogenated alkanes) is 2. The summed E-state index contributed by atoms with van der Waals surface area (Å²) in [6.45, 7) is 3.89. The van der Waals surface area contributed by atoms with Crippen LogP contribution in [0.25, 0.3) is 0 Å². The molecule has 7 heteroatoms. The van der Waals surface area contributed by atoms with E-state index in [4.69, 9.17) is 4.74 Å². The van der Waals surface area contributed by atoms with Crippen LogP contribution >= 0.6 is 0 Å². The van der Waals surface area contributed by atoms with E-state index in [1.54, 1.807) is 12.0 Å². The van der Waals surface area contributed by atoms with Crippen LogP contribution < -0.4 is 10.6 Å². The number of aryl methyl sites for hydroxylation is 1. The quantitative estimate of drug-likeness (QED) is 0.258. The van der Waals surface area contributed by atoms with Crippen molar-refractivity contribution in [3.63, 3.8) is 0 Å². The Morgan fingerprint density at radius 3 is 2.50 bits per heavy atom. The number of carbonyl (C=O) groups excluding carboxylic acids is 1. The predicted molar refractivity (Wildman–Crippen MR) is 145 cm³/mol. The molecule has 3 N–H and O–H groups in total. The molecule has 2 amide bonds. The standard InChI is InChI=1S/C29H50FN3O3/c1-23-18-25(21-26(30)19-23)29(35,15-9-11-17-36-4)14-8-10-16-33(3)28(34)32-27(22-31-2)20-24-12-6-5-7-13-24/h18-19,21,24,27,31,35H,5-17,20,22H2,1-4H3,(H,32,34)/t27-,29+/m0/s1. The lowest BCUT2D eigenvalue weighted by Crippen LogP contribution is -2.47. The van der Waals surface area contributed by atoms with Crippen LogP contribution in [0.3, 0.4) is 0 Å². The maximum atomic E-state index is 14.1. The van der Waals surface area contributed by atoms with Crippen molar-refractivity contribution in [3.05, 3.63) is 35.1 Å². The maximum absolute atomic E-state index is 14.1. The highest BCUT2D eigenvalue weighted by molar-refractivity contribution is 5.74. The average molecular weight is 508 g/mol. The van der Waals surface area contributed by atoms with Crippen molar-refractivity contribution < 1.29 is 19.0 Å². The zero-order chi connectivity index (χ0) is 26.4. The maximum Gasteiger partial charge on any atom is 0.317 e. The first-order valence-electron chi connectivity index (χ1n) is 13.9. The molecule has 0 bridgehead atoms.